The smallest absolute Gasteiger partial charge is 0.266 e. The molecule has 6 nitrogen and oxygen atoms in total. The van der Waals surface area contributed by atoms with Gasteiger partial charge < -0.3 is 14.2 Å². The van der Waals surface area contributed by atoms with Gasteiger partial charge in [-0.3, -0.25) is 4.79 Å². The Balaban J connectivity index is 1.38. The van der Waals surface area contributed by atoms with Gasteiger partial charge in [0.05, 0.1) is 6.54 Å². The van der Waals surface area contributed by atoms with Crippen molar-refractivity contribution in [1.82, 2.24) is 15.0 Å². The molecule has 1 atom stereocenters. The number of halogens is 2. The van der Waals surface area contributed by atoms with Gasteiger partial charge in [0.25, 0.3) is 11.8 Å². The Morgan fingerprint density at radius 1 is 1.35 bits per heavy atom. The van der Waals surface area contributed by atoms with Crippen LogP contribution in [0.25, 0.3) is 0 Å². The molecule has 2 aromatic rings. The average molecular weight is 363 g/mol. The van der Waals surface area contributed by atoms with E-state index in [1.165, 1.54) is 29.2 Å². The third kappa shape index (κ3) is 3.54. The van der Waals surface area contributed by atoms with Gasteiger partial charge in [0.1, 0.15) is 11.6 Å². The highest BCUT2D eigenvalue weighted by Crippen LogP contribution is 2.40. The van der Waals surface area contributed by atoms with E-state index < -0.39 is 5.67 Å². The molecule has 1 unspecified atom stereocenters. The van der Waals surface area contributed by atoms with Gasteiger partial charge in [0.15, 0.2) is 12.4 Å². The Bertz CT molecular complexity index is 791. The van der Waals surface area contributed by atoms with Gasteiger partial charge in [-0.1, -0.05) is 5.16 Å². The van der Waals surface area contributed by atoms with Gasteiger partial charge in [0.2, 0.25) is 5.67 Å². The molecule has 1 aromatic carbocycles. The van der Waals surface area contributed by atoms with Gasteiger partial charge in [-0.05, 0) is 49.9 Å². The Hall–Kier alpha value is -2.51. The highest BCUT2D eigenvalue weighted by molar-refractivity contribution is 5.78. The number of carbonyl (C=O) groups excluding carboxylic acids is 1. The molecule has 1 aromatic heterocycles. The third-order valence-corrected chi connectivity index (χ3v) is 4.74. The molecular formula is C18H19F2N3O3. The number of likely N-dealkylation sites (tertiary alicyclic amines) is 1. The molecule has 1 saturated carbocycles. The molecule has 1 saturated heterocycles. The first-order valence-corrected chi connectivity index (χ1v) is 8.73. The molecule has 0 spiro atoms. The number of benzene rings is 1. The maximum absolute atomic E-state index is 15.3. The molecule has 4 rings (SSSR count). The van der Waals surface area contributed by atoms with Crippen LogP contribution in [0.3, 0.4) is 0 Å². The second-order valence-corrected chi connectivity index (χ2v) is 6.86. The molecule has 0 bridgehead atoms. The molecule has 2 aliphatic rings. The van der Waals surface area contributed by atoms with Crippen molar-refractivity contribution in [2.45, 2.75) is 37.3 Å². The van der Waals surface area contributed by atoms with Crippen LogP contribution in [0.2, 0.25) is 0 Å². The van der Waals surface area contributed by atoms with Crippen LogP contribution in [0.15, 0.2) is 28.8 Å². The minimum Gasteiger partial charge on any atom is -0.484 e. The second kappa shape index (κ2) is 6.66. The molecule has 0 radical (unpaired) electrons. The molecule has 1 aliphatic carbocycles. The molecule has 0 N–H and O–H groups in total. The van der Waals surface area contributed by atoms with Crippen LogP contribution in [-0.2, 0) is 10.5 Å². The predicted octanol–water partition coefficient (Wildman–Crippen LogP) is 2.95. The summed E-state index contributed by atoms with van der Waals surface area (Å²) in [6.07, 6.45) is 2.75. The predicted molar refractivity (Wildman–Crippen MR) is 86.8 cm³/mol. The van der Waals surface area contributed by atoms with Gasteiger partial charge in [-0.15, -0.1) is 0 Å². The fraction of sp³-hybridized carbons (Fsp3) is 0.500. The van der Waals surface area contributed by atoms with Crippen molar-refractivity contribution in [1.29, 1.82) is 0 Å². The fourth-order valence-electron chi connectivity index (χ4n) is 3.09. The summed E-state index contributed by atoms with van der Waals surface area (Å²) >= 11 is 0. The molecule has 26 heavy (non-hydrogen) atoms. The summed E-state index contributed by atoms with van der Waals surface area (Å²) in [4.78, 5) is 18.0. The number of aromatic nitrogens is 2. The number of ether oxygens (including phenoxy) is 1. The first-order chi connectivity index (χ1) is 12.5. The van der Waals surface area contributed by atoms with Crippen LogP contribution < -0.4 is 4.74 Å². The Morgan fingerprint density at radius 3 is 2.85 bits per heavy atom. The van der Waals surface area contributed by atoms with Crippen LogP contribution in [0.5, 0.6) is 5.75 Å². The lowest BCUT2D eigenvalue weighted by molar-refractivity contribution is -0.138. The van der Waals surface area contributed by atoms with Gasteiger partial charge in [-0.2, -0.15) is 4.98 Å². The van der Waals surface area contributed by atoms with E-state index in [1.54, 1.807) is 0 Å². The van der Waals surface area contributed by atoms with Crippen LogP contribution in [0.1, 0.15) is 43.3 Å². The van der Waals surface area contributed by atoms with Gasteiger partial charge >= 0.3 is 0 Å². The summed E-state index contributed by atoms with van der Waals surface area (Å²) in [6, 6.07) is 5.38. The summed E-state index contributed by atoms with van der Waals surface area (Å²) in [6.45, 7) is 0.0741. The number of hydrogen-bond acceptors (Lipinski definition) is 5. The largest absolute Gasteiger partial charge is 0.484 e. The quantitative estimate of drug-likeness (QED) is 0.817. The van der Waals surface area contributed by atoms with Crippen LogP contribution in [0, 0.1) is 5.82 Å². The standard InChI is InChI=1S/C18H19F2N3O3/c19-13-4-6-14(7-5-13)25-10-15(24)23-9-1-8-18(20,11-23)17-21-16(22-26-17)12-2-3-12/h4-7,12H,1-3,8-11H2. The molecule has 2 fully saturated rings. The third-order valence-electron chi connectivity index (χ3n) is 4.74. The van der Waals surface area contributed by atoms with Crippen molar-refractivity contribution in [3.63, 3.8) is 0 Å². The number of hydrogen-bond donors (Lipinski definition) is 0. The molecule has 2 heterocycles. The summed E-state index contributed by atoms with van der Waals surface area (Å²) in [5.74, 6) is 0.456. The normalized spacial score (nSPS) is 23.1. The van der Waals surface area contributed by atoms with E-state index in [4.69, 9.17) is 9.26 Å². The molecular weight excluding hydrogens is 344 g/mol. The number of alkyl halides is 1. The minimum absolute atomic E-state index is 0.0450. The lowest BCUT2D eigenvalue weighted by atomic mass is 9.94. The minimum atomic E-state index is -1.83. The number of nitrogens with zero attached hydrogens (tertiary/aromatic N) is 3. The monoisotopic (exact) mass is 363 g/mol. The lowest BCUT2D eigenvalue weighted by Crippen LogP contribution is -2.48. The summed E-state index contributed by atoms with van der Waals surface area (Å²) in [7, 11) is 0. The average Bonchev–Trinajstić information content (AvgIpc) is 3.37. The van der Waals surface area contributed by atoms with E-state index in [2.05, 4.69) is 10.1 Å². The molecule has 138 valence electrons. The summed E-state index contributed by atoms with van der Waals surface area (Å²) in [5.41, 5.74) is -1.83. The zero-order chi connectivity index (χ0) is 18.1. The Morgan fingerprint density at radius 2 is 2.12 bits per heavy atom. The van der Waals surface area contributed by atoms with Gasteiger partial charge in [0, 0.05) is 12.5 Å². The van der Waals surface area contributed by atoms with E-state index in [0.717, 1.165) is 12.8 Å². The number of rotatable bonds is 5. The van der Waals surface area contributed by atoms with Crippen LogP contribution >= 0.6 is 0 Å². The zero-order valence-corrected chi connectivity index (χ0v) is 14.2. The topological polar surface area (TPSA) is 68.5 Å². The number of carbonyl (C=O) groups is 1. The lowest BCUT2D eigenvalue weighted by Gasteiger charge is -2.35. The zero-order valence-electron chi connectivity index (χ0n) is 14.2. The van der Waals surface area contributed by atoms with Crippen molar-refractivity contribution in [2.75, 3.05) is 19.7 Å². The fourth-order valence-corrected chi connectivity index (χ4v) is 3.09. The Labute approximate surface area is 149 Å². The molecule has 1 aliphatic heterocycles. The van der Waals surface area contributed by atoms with Crippen molar-refractivity contribution in [2.24, 2.45) is 0 Å². The summed E-state index contributed by atoms with van der Waals surface area (Å²) < 4.78 is 38.7. The number of amides is 1. The Kier molecular flexibility index (Phi) is 4.34. The molecule has 8 heteroatoms. The van der Waals surface area contributed by atoms with E-state index in [0.29, 0.717) is 24.5 Å². The van der Waals surface area contributed by atoms with E-state index in [1.807, 2.05) is 0 Å². The van der Waals surface area contributed by atoms with Crippen molar-refractivity contribution in [3.05, 3.63) is 41.8 Å². The van der Waals surface area contributed by atoms with E-state index in [-0.39, 0.29) is 43.1 Å². The SMILES string of the molecule is O=C(COc1ccc(F)cc1)N1CCCC(F)(c2nc(C3CC3)no2)C1. The van der Waals surface area contributed by atoms with Crippen molar-refractivity contribution < 1.29 is 22.8 Å². The first kappa shape index (κ1) is 16.9. The van der Waals surface area contributed by atoms with E-state index >= 15 is 4.39 Å². The number of piperidine rings is 1. The van der Waals surface area contributed by atoms with Crippen LogP contribution in [-0.4, -0.2) is 40.6 Å². The van der Waals surface area contributed by atoms with Crippen molar-refractivity contribution >= 4 is 5.91 Å². The highest BCUT2D eigenvalue weighted by Gasteiger charge is 2.44. The van der Waals surface area contributed by atoms with Crippen LogP contribution in [0.4, 0.5) is 8.78 Å². The first-order valence-electron chi connectivity index (χ1n) is 8.73. The van der Waals surface area contributed by atoms with Gasteiger partial charge in [-0.25, -0.2) is 8.78 Å². The highest BCUT2D eigenvalue weighted by atomic mass is 19.1. The summed E-state index contributed by atoms with van der Waals surface area (Å²) in [5, 5.41) is 3.87. The second-order valence-electron chi connectivity index (χ2n) is 6.86. The van der Waals surface area contributed by atoms with Crippen molar-refractivity contribution in [3.8, 4) is 5.75 Å². The van der Waals surface area contributed by atoms with E-state index in [9.17, 15) is 9.18 Å². The maximum atomic E-state index is 15.3. The maximum Gasteiger partial charge on any atom is 0.266 e. The molecule has 1 amide bonds.